The van der Waals surface area contributed by atoms with Crippen molar-refractivity contribution in [3.63, 3.8) is 0 Å². The second-order valence-electron chi connectivity index (χ2n) is 7.90. The van der Waals surface area contributed by atoms with E-state index in [9.17, 15) is 9.59 Å². The van der Waals surface area contributed by atoms with Gasteiger partial charge < -0.3 is 9.88 Å². The molecule has 1 aliphatic rings. The fourth-order valence-electron chi connectivity index (χ4n) is 4.03. The Hall–Kier alpha value is -2.15. The lowest BCUT2D eigenvalue weighted by Gasteiger charge is -2.22. The highest BCUT2D eigenvalue weighted by Crippen LogP contribution is 2.32. The van der Waals surface area contributed by atoms with Gasteiger partial charge in [0.2, 0.25) is 5.91 Å². The summed E-state index contributed by atoms with van der Waals surface area (Å²) < 4.78 is 2.05. The molecule has 1 amide bonds. The number of benzene rings is 1. The molecule has 0 radical (unpaired) electrons. The van der Waals surface area contributed by atoms with Gasteiger partial charge in [0.25, 0.3) is 0 Å². The van der Waals surface area contributed by atoms with E-state index in [-0.39, 0.29) is 11.7 Å². The number of nitrogens with zero attached hydrogens (tertiary/aromatic N) is 3. The van der Waals surface area contributed by atoms with Crippen molar-refractivity contribution >= 4 is 23.5 Å². The molecule has 1 aromatic heterocycles. The summed E-state index contributed by atoms with van der Waals surface area (Å²) in [6.45, 7) is 4.96. The zero-order valence-electron chi connectivity index (χ0n) is 18.0. The maximum absolute atomic E-state index is 12.7. The molecule has 1 heterocycles. The third-order valence-corrected chi connectivity index (χ3v) is 6.67. The predicted molar refractivity (Wildman–Crippen MR) is 120 cm³/mol. The number of rotatable bonds is 10. The van der Waals surface area contributed by atoms with Crippen molar-refractivity contribution in [3.05, 3.63) is 41.2 Å². The van der Waals surface area contributed by atoms with Crippen LogP contribution in [0, 0.1) is 0 Å². The Morgan fingerprint density at radius 3 is 2.53 bits per heavy atom. The van der Waals surface area contributed by atoms with E-state index in [0.29, 0.717) is 18.2 Å². The van der Waals surface area contributed by atoms with E-state index in [1.54, 1.807) is 0 Å². The van der Waals surface area contributed by atoms with Gasteiger partial charge in [0.1, 0.15) is 5.82 Å². The number of aryl methyl sites for hydroxylation is 1. The SMILES string of the molecule is CCn1c(CCCNC(C)=O)nnc1SCC(=O)c1ccc(C2CCCCC2)cc1. The smallest absolute Gasteiger partial charge is 0.216 e. The summed E-state index contributed by atoms with van der Waals surface area (Å²) in [5, 5.41) is 12.1. The number of thioether (sulfide) groups is 1. The van der Waals surface area contributed by atoms with Gasteiger partial charge in [-0.25, -0.2) is 0 Å². The molecule has 6 nitrogen and oxygen atoms in total. The number of ketones is 1. The van der Waals surface area contributed by atoms with Gasteiger partial charge in [0.15, 0.2) is 10.9 Å². The summed E-state index contributed by atoms with van der Waals surface area (Å²) in [5.74, 6) is 2.01. The second kappa shape index (κ2) is 11.3. The van der Waals surface area contributed by atoms with Gasteiger partial charge in [-0.1, -0.05) is 55.3 Å². The standard InChI is InChI=1S/C23H32N4O2S/c1-3-27-22(10-7-15-24-17(2)28)25-26-23(27)30-16-21(29)20-13-11-19(12-14-20)18-8-5-4-6-9-18/h11-14,18H,3-10,15-16H2,1-2H3,(H,24,28). The van der Waals surface area contributed by atoms with Gasteiger partial charge >= 0.3 is 0 Å². The van der Waals surface area contributed by atoms with Gasteiger partial charge in [-0.15, -0.1) is 10.2 Å². The first kappa shape index (κ1) is 22.5. The van der Waals surface area contributed by atoms with Crippen molar-refractivity contribution in [3.8, 4) is 0 Å². The number of hydrogen-bond acceptors (Lipinski definition) is 5. The summed E-state index contributed by atoms with van der Waals surface area (Å²) in [7, 11) is 0. The van der Waals surface area contributed by atoms with E-state index in [2.05, 4.69) is 39.1 Å². The number of carbonyl (C=O) groups is 2. The first-order valence-corrected chi connectivity index (χ1v) is 12.0. The summed E-state index contributed by atoms with van der Waals surface area (Å²) in [4.78, 5) is 23.6. The highest BCUT2D eigenvalue weighted by atomic mass is 32.2. The molecule has 1 fully saturated rings. The van der Waals surface area contributed by atoms with Gasteiger partial charge in [-0.2, -0.15) is 0 Å². The van der Waals surface area contributed by atoms with Crippen LogP contribution in [0.2, 0.25) is 0 Å². The summed E-state index contributed by atoms with van der Waals surface area (Å²) in [5.41, 5.74) is 2.13. The van der Waals surface area contributed by atoms with E-state index in [1.165, 1.54) is 56.4 Å². The summed E-state index contributed by atoms with van der Waals surface area (Å²) >= 11 is 1.44. The molecule has 0 atom stereocenters. The number of nitrogens with one attached hydrogen (secondary N) is 1. The van der Waals surface area contributed by atoms with E-state index < -0.39 is 0 Å². The van der Waals surface area contributed by atoms with Crippen molar-refractivity contribution in [2.24, 2.45) is 0 Å². The van der Waals surface area contributed by atoms with Crippen LogP contribution in [0.25, 0.3) is 0 Å². The number of hydrogen-bond donors (Lipinski definition) is 1. The molecule has 1 N–H and O–H groups in total. The molecule has 2 aromatic rings. The van der Waals surface area contributed by atoms with Crippen LogP contribution in [-0.4, -0.2) is 38.8 Å². The molecule has 0 aliphatic heterocycles. The topological polar surface area (TPSA) is 76.9 Å². The molecule has 3 rings (SSSR count). The molecule has 30 heavy (non-hydrogen) atoms. The van der Waals surface area contributed by atoms with Crippen LogP contribution in [0.4, 0.5) is 0 Å². The molecule has 1 saturated carbocycles. The summed E-state index contributed by atoms with van der Waals surface area (Å²) in [6, 6.07) is 8.22. The Kier molecular flexibility index (Phi) is 8.49. The van der Waals surface area contributed by atoms with Crippen LogP contribution in [0.1, 0.15) is 80.0 Å². The van der Waals surface area contributed by atoms with Gasteiger partial charge in [-0.05, 0) is 37.7 Å². The first-order chi connectivity index (χ1) is 14.6. The Balaban J connectivity index is 1.53. The van der Waals surface area contributed by atoms with Gasteiger partial charge in [0.05, 0.1) is 5.75 Å². The summed E-state index contributed by atoms with van der Waals surface area (Å²) in [6.07, 6.45) is 8.08. The van der Waals surface area contributed by atoms with Crippen molar-refractivity contribution in [2.75, 3.05) is 12.3 Å². The molecule has 7 heteroatoms. The first-order valence-electron chi connectivity index (χ1n) is 11.0. The van der Waals surface area contributed by atoms with Crippen molar-refractivity contribution < 1.29 is 9.59 Å². The van der Waals surface area contributed by atoms with Crippen LogP contribution < -0.4 is 5.32 Å². The van der Waals surface area contributed by atoms with Gasteiger partial charge in [0, 0.05) is 32.0 Å². The predicted octanol–water partition coefficient (Wildman–Crippen LogP) is 4.39. The number of amides is 1. The minimum absolute atomic E-state index is 0.0199. The molecule has 1 aliphatic carbocycles. The molecule has 0 saturated heterocycles. The lowest BCUT2D eigenvalue weighted by atomic mass is 9.84. The zero-order valence-corrected chi connectivity index (χ0v) is 18.8. The lowest BCUT2D eigenvalue weighted by molar-refractivity contribution is -0.118. The van der Waals surface area contributed by atoms with E-state index in [0.717, 1.165) is 35.9 Å². The largest absolute Gasteiger partial charge is 0.356 e. The highest BCUT2D eigenvalue weighted by Gasteiger charge is 2.17. The lowest BCUT2D eigenvalue weighted by Crippen LogP contribution is -2.21. The Labute approximate surface area is 183 Å². The van der Waals surface area contributed by atoms with Crippen molar-refractivity contribution in [1.29, 1.82) is 0 Å². The maximum atomic E-state index is 12.7. The van der Waals surface area contributed by atoms with Gasteiger partial charge in [-0.3, -0.25) is 9.59 Å². The highest BCUT2D eigenvalue weighted by molar-refractivity contribution is 7.99. The number of aromatic nitrogens is 3. The van der Waals surface area contributed by atoms with E-state index in [4.69, 9.17) is 0 Å². The monoisotopic (exact) mass is 428 g/mol. The van der Waals surface area contributed by atoms with E-state index in [1.807, 2.05) is 12.1 Å². The molecule has 1 aromatic carbocycles. The van der Waals surface area contributed by atoms with Crippen molar-refractivity contribution in [2.45, 2.75) is 76.4 Å². The maximum Gasteiger partial charge on any atom is 0.216 e. The average Bonchev–Trinajstić information content (AvgIpc) is 3.17. The minimum Gasteiger partial charge on any atom is -0.356 e. The Bertz CT molecular complexity index is 841. The molecule has 162 valence electrons. The Morgan fingerprint density at radius 1 is 1.13 bits per heavy atom. The average molecular weight is 429 g/mol. The number of carbonyl (C=O) groups excluding carboxylic acids is 2. The minimum atomic E-state index is -0.0199. The normalized spacial score (nSPS) is 14.6. The number of Topliss-reactive ketones (excluding diaryl/α,β-unsaturated/α-hetero) is 1. The van der Waals surface area contributed by atoms with Crippen LogP contribution in [0.3, 0.4) is 0 Å². The van der Waals surface area contributed by atoms with Crippen LogP contribution >= 0.6 is 11.8 Å². The fourth-order valence-corrected chi connectivity index (χ4v) is 4.95. The molecule has 0 unspecified atom stereocenters. The van der Waals surface area contributed by atoms with Crippen LogP contribution in [-0.2, 0) is 17.8 Å². The van der Waals surface area contributed by atoms with Crippen LogP contribution in [0.5, 0.6) is 0 Å². The molecular weight excluding hydrogens is 396 g/mol. The fraction of sp³-hybridized carbons (Fsp3) is 0.565. The molecular formula is C23H32N4O2S. The van der Waals surface area contributed by atoms with Crippen molar-refractivity contribution in [1.82, 2.24) is 20.1 Å². The second-order valence-corrected chi connectivity index (χ2v) is 8.84. The van der Waals surface area contributed by atoms with E-state index >= 15 is 0 Å². The third kappa shape index (κ3) is 6.17. The molecule has 0 bridgehead atoms. The molecule has 0 spiro atoms. The third-order valence-electron chi connectivity index (χ3n) is 5.70. The van der Waals surface area contributed by atoms with Crippen LogP contribution in [0.15, 0.2) is 29.4 Å². The zero-order chi connectivity index (χ0) is 21.3. The quantitative estimate of drug-likeness (QED) is 0.345. The Morgan fingerprint density at radius 2 is 1.87 bits per heavy atom.